The lowest BCUT2D eigenvalue weighted by Crippen LogP contribution is -2.64. The predicted octanol–water partition coefficient (Wildman–Crippen LogP) is 5.94. The van der Waals surface area contributed by atoms with Crippen LogP contribution in [-0.2, 0) is 14.1 Å². The van der Waals surface area contributed by atoms with Crippen molar-refractivity contribution >= 4 is 22.1 Å². The SMILES string of the molecule is C[Si](C)(C)O[Si]1(c2ccccc2)CCCC(c2ccccc2)(c2ccccc2)O1. The molecule has 0 N–H and O–H groups in total. The first kappa shape index (κ1) is 20.3. The molecule has 4 heteroatoms. The van der Waals surface area contributed by atoms with Gasteiger partial charge in [0.05, 0.1) is 0 Å². The van der Waals surface area contributed by atoms with Crippen molar-refractivity contribution in [1.82, 2.24) is 0 Å². The molecule has 1 atom stereocenters. The van der Waals surface area contributed by atoms with E-state index in [9.17, 15) is 0 Å². The highest BCUT2D eigenvalue weighted by molar-refractivity contribution is 6.89. The van der Waals surface area contributed by atoms with Crippen molar-refractivity contribution in [1.29, 1.82) is 0 Å². The minimum atomic E-state index is -2.63. The van der Waals surface area contributed by atoms with E-state index in [0.29, 0.717) is 0 Å². The number of benzene rings is 3. The molecule has 1 heterocycles. The molecule has 0 bridgehead atoms. The predicted molar refractivity (Wildman–Crippen MR) is 125 cm³/mol. The Morgan fingerprint density at radius 2 is 1.24 bits per heavy atom. The molecule has 1 saturated heterocycles. The van der Waals surface area contributed by atoms with Gasteiger partial charge in [-0.25, -0.2) is 0 Å². The molecule has 1 aliphatic rings. The highest BCUT2D eigenvalue weighted by atomic mass is 28.4. The molecule has 2 nitrogen and oxygen atoms in total. The van der Waals surface area contributed by atoms with E-state index in [1.54, 1.807) is 0 Å². The molecule has 0 saturated carbocycles. The molecule has 3 aromatic carbocycles. The molecule has 4 rings (SSSR count). The molecule has 1 aliphatic heterocycles. The van der Waals surface area contributed by atoms with Crippen molar-refractivity contribution in [2.75, 3.05) is 0 Å². The smallest absolute Gasteiger partial charge is 0.363 e. The van der Waals surface area contributed by atoms with E-state index in [0.717, 1.165) is 18.9 Å². The second-order valence-electron chi connectivity index (χ2n) is 8.85. The maximum absolute atomic E-state index is 7.35. The lowest BCUT2D eigenvalue weighted by atomic mass is 9.83. The lowest BCUT2D eigenvalue weighted by Gasteiger charge is -2.49. The first-order valence-corrected chi connectivity index (χ1v) is 15.9. The molecule has 1 fully saturated rings. The van der Waals surface area contributed by atoms with Crippen LogP contribution in [0.1, 0.15) is 24.0 Å². The Hall–Kier alpha value is -1.99. The van der Waals surface area contributed by atoms with Crippen LogP contribution in [0.3, 0.4) is 0 Å². The maximum atomic E-state index is 7.35. The van der Waals surface area contributed by atoms with Gasteiger partial charge in [-0.05, 0) is 54.8 Å². The molecular weight excluding hydrogens is 388 g/mol. The fourth-order valence-electron chi connectivity index (χ4n) is 4.46. The van der Waals surface area contributed by atoms with Gasteiger partial charge in [-0.2, -0.15) is 0 Å². The van der Waals surface area contributed by atoms with E-state index in [4.69, 9.17) is 8.54 Å². The maximum Gasteiger partial charge on any atom is 0.363 e. The van der Waals surface area contributed by atoms with Gasteiger partial charge in [0.1, 0.15) is 5.60 Å². The fourth-order valence-corrected chi connectivity index (χ4v) is 12.2. The summed E-state index contributed by atoms with van der Waals surface area (Å²) in [6, 6.07) is 33.1. The highest BCUT2D eigenvalue weighted by Crippen LogP contribution is 2.46. The Bertz CT molecular complexity index is 884. The van der Waals surface area contributed by atoms with Gasteiger partial charge < -0.3 is 8.54 Å². The summed E-state index contributed by atoms with van der Waals surface area (Å²) < 4.78 is 14.4. The first-order chi connectivity index (χ1) is 13.9. The molecular formula is C25H30O2Si2. The van der Waals surface area contributed by atoms with Crippen molar-refractivity contribution in [2.24, 2.45) is 0 Å². The zero-order valence-electron chi connectivity index (χ0n) is 17.6. The van der Waals surface area contributed by atoms with Crippen LogP contribution in [0.2, 0.25) is 25.7 Å². The molecule has 0 aromatic heterocycles. The van der Waals surface area contributed by atoms with E-state index in [1.807, 2.05) is 0 Å². The van der Waals surface area contributed by atoms with Gasteiger partial charge in [0.2, 0.25) is 0 Å². The average Bonchev–Trinajstić information content (AvgIpc) is 2.74. The van der Waals surface area contributed by atoms with Crippen LogP contribution in [0.4, 0.5) is 0 Å². The van der Waals surface area contributed by atoms with Gasteiger partial charge in [0.15, 0.2) is 8.32 Å². The van der Waals surface area contributed by atoms with Crippen LogP contribution >= 0.6 is 0 Å². The second kappa shape index (κ2) is 8.03. The van der Waals surface area contributed by atoms with Crippen molar-refractivity contribution in [3.63, 3.8) is 0 Å². The summed E-state index contributed by atoms with van der Waals surface area (Å²) in [6.45, 7) is 6.82. The zero-order valence-corrected chi connectivity index (χ0v) is 19.6. The van der Waals surface area contributed by atoms with E-state index in [-0.39, 0.29) is 0 Å². The van der Waals surface area contributed by atoms with E-state index in [2.05, 4.69) is 111 Å². The quantitative estimate of drug-likeness (QED) is 0.477. The average molecular weight is 419 g/mol. The van der Waals surface area contributed by atoms with Crippen molar-refractivity contribution in [3.05, 3.63) is 102 Å². The van der Waals surface area contributed by atoms with Crippen molar-refractivity contribution in [3.8, 4) is 0 Å². The minimum absolute atomic E-state index is 0.470. The molecule has 0 spiro atoms. The molecule has 0 aliphatic carbocycles. The molecule has 1 unspecified atom stereocenters. The van der Waals surface area contributed by atoms with Crippen LogP contribution in [0.25, 0.3) is 0 Å². The van der Waals surface area contributed by atoms with E-state index in [1.165, 1.54) is 16.3 Å². The first-order valence-electron chi connectivity index (χ1n) is 10.5. The Morgan fingerprint density at radius 3 is 1.72 bits per heavy atom. The van der Waals surface area contributed by atoms with Gasteiger partial charge in [-0.3, -0.25) is 0 Å². The molecule has 0 amide bonds. The molecule has 29 heavy (non-hydrogen) atoms. The third-order valence-corrected chi connectivity index (χ3v) is 12.2. The lowest BCUT2D eigenvalue weighted by molar-refractivity contribution is 0.0479. The zero-order chi connectivity index (χ0) is 20.4. The fraction of sp³-hybridized carbons (Fsp3) is 0.280. The Labute approximate surface area is 176 Å². The summed E-state index contributed by atoms with van der Waals surface area (Å²) in [5, 5.41) is 1.25. The van der Waals surface area contributed by atoms with Gasteiger partial charge in [0.25, 0.3) is 0 Å². The van der Waals surface area contributed by atoms with Crippen LogP contribution in [-0.4, -0.2) is 16.9 Å². The third kappa shape index (κ3) is 4.17. The van der Waals surface area contributed by atoms with E-state index < -0.39 is 22.5 Å². The normalized spacial score (nSPS) is 21.6. The number of hydrogen-bond acceptors (Lipinski definition) is 2. The van der Waals surface area contributed by atoms with Gasteiger partial charge in [-0.1, -0.05) is 91.0 Å². The summed E-state index contributed by atoms with van der Waals surface area (Å²) in [6.07, 6.45) is 2.06. The minimum Gasteiger partial charge on any atom is -0.433 e. The summed E-state index contributed by atoms with van der Waals surface area (Å²) in [7, 11) is -4.46. The van der Waals surface area contributed by atoms with Crippen LogP contribution in [0, 0.1) is 0 Å². The topological polar surface area (TPSA) is 18.5 Å². The number of rotatable bonds is 5. The Kier molecular flexibility index (Phi) is 5.62. The summed E-state index contributed by atoms with van der Waals surface area (Å²) >= 11 is 0. The molecule has 150 valence electrons. The van der Waals surface area contributed by atoms with Gasteiger partial charge in [0, 0.05) is 0 Å². The monoisotopic (exact) mass is 418 g/mol. The van der Waals surface area contributed by atoms with Gasteiger partial charge in [-0.15, -0.1) is 0 Å². The Morgan fingerprint density at radius 1 is 0.759 bits per heavy atom. The second-order valence-corrected chi connectivity index (χ2v) is 16.7. The number of hydrogen-bond donors (Lipinski definition) is 0. The summed E-state index contributed by atoms with van der Waals surface area (Å²) in [5.41, 5.74) is 1.97. The molecule has 0 radical (unpaired) electrons. The van der Waals surface area contributed by atoms with Gasteiger partial charge >= 0.3 is 8.56 Å². The van der Waals surface area contributed by atoms with Crippen LogP contribution in [0.15, 0.2) is 91.0 Å². The van der Waals surface area contributed by atoms with Crippen molar-refractivity contribution in [2.45, 2.75) is 44.1 Å². The summed E-state index contributed by atoms with van der Waals surface area (Å²) in [5.74, 6) is 0. The standard InChI is InChI=1S/C25H30O2Si2/c1-28(2,3)27-29(24-18-11-6-12-19-24)21-13-20-25(26-29,22-14-7-4-8-15-22)23-16-9-5-10-17-23/h4-12,14-19H,13,20-21H2,1-3H3. The van der Waals surface area contributed by atoms with E-state index >= 15 is 0 Å². The molecule has 3 aromatic rings. The highest BCUT2D eigenvalue weighted by Gasteiger charge is 2.53. The Balaban J connectivity index is 1.89. The largest absolute Gasteiger partial charge is 0.433 e. The summed E-state index contributed by atoms with van der Waals surface area (Å²) in [4.78, 5) is 0. The van der Waals surface area contributed by atoms with Crippen LogP contribution in [0.5, 0.6) is 0 Å². The third-order valence-electron chi connectivity index (χ3n) is 5.54. The van der Waals surface area contributed by atoms with Crippen molar-refractivity contribution < 1.29 is 8.54 Å². The van der Waals surface area contributed by atoms with Crippen LogP contribution < -0.4 is 5.19 Å².